The van der Waals surface area contributed by atoms with Crippen molar-refractivity contribution in [3.8, 4) is 11.4 Å². The average molecular weight is 448 g/mol. The summed E-state index contributed by atoms with van der Waals surface area (Å²) in [6, 6.07) is 13.1. The van der Waals surface area contributed by atoms with Crippen LogP contribution in [0.3, 0.4) is 0 Å². The van der Waals surface area contributed by atoms with E-state index >= 15 is 0 Å². The Hall–Kier alpha value is -2.35. The van der Waals surface area contributed by atoms with Crippen LogP contribution in [0.15, 0.2) is 48.5 Å². The third-order valence-electron chi connectivity index (χ3n) is 4.49. The van der Waals surface area contributed by atoms with Gasteiger partial charge >= 0.3 is 0 Å². The minimum Gasteiger partial charge on any atom is -1.00 e. The Balaban J connectivity index is 0.00000182. The van der Waals surface area contributed by atoms with Gasteiger partial charge in [0.25, 0.3) is 5.82 Å². The summed E-state index contributed by atoms with van der Waals surface area (Å²) in [5.74, 6) is -0.363. The summed E-state index contributed by atoms with van der Waals surface area (Å²) in [4.78, 5) is 25.8. The van der Waals surface area contributed by atoms with Crippen LogP contribution < -0.4 is 28.5 Å². The second-order valence-electron chi connectivity index (χ2n) is 5.82. The number of benzene rings is 2. The van der Waals surface area contributed by atoms with Gasteiger partial charge in [0.2, 0.25) is 23.0 Å². The van der Waals surface area contributed by atoms with Gasteiger partial charge in [-0.25, -0.2) is 13.5 Å². The zero-order valence-corrected chi connectivity index (χ0v) is 15.7. The second kappa shape index (κ2) is 6.18. The Morgan fingerprint density at radius 1 is 0.880 bits per heavy atom. The van der Waals surface area contributed by atoms with Crippen LogP contribution in [-0.4, -0.2) is 16.1 Å². The molecular weight excluding hydrogens is 434 g/mol. The molecule has 0 spiro atoms. The molecule has 1 aromatic heterocycles. The summed E-state index contributed by atoms with van der Waals surface area (Å²) in [6.07, 6.45) is 0. The van der Waals surface area contributed by atoms with Gasteiger partial charge in [0.15, 0.2) is 0 Å². The molecule has 0 saturated heterocycles. The number of nitrogens with zero attached hydrogens (tertiary/aromatic N) is 2. The van der Waals surface area contributed by atoms with E-state index in [2.05, 4.69) is 0 Å². The Labute approximate surface area is 160 Å². The highest BCUT2D eigenvalue weighted by atomic mass is 127. The number of fused-ring (bicyclic) bond motifs is 2. The first-order chi connectivity index (χ1) is 11.5. The summed E-state index contributed by atoms with van der Waals surface area (Å²) in [5, 5.41) is 0. The van der Waals surface area contributed by atoms with Gasteiger partial charge < -0.3 is 24.0 Å². The molecule has 1 aliphatic rings. The minimum absolute atomic E-state index is 0. The Morgan fingerprint density at radius 2 is 1.40 bits per heavy atom. The molecule has 2 aromatic carbocycles. The van der Waals surface area contributed by atoms with E-state index in [0.29, 0.717) is 33.9 Å². The van der Waals surface area contributed by atoms with Gasteiger partial charge in [-0.05, 0) is 12.1 Å². The lowest BCUT2D eigenvalue weighted by Crippen LogP contribution is -3.00. The standard InChI is InChI=1S/C19H14FN2O2.HI/c1-21-15-16(18(24)12-8-4-3-7-11(12)17(15)23)22(2)19(21)13-9-5-6-10-14(13)20;/h3-10H,1-2H3;1H/q+1;/p-1. The van der Waals surface area contributed by atoms with Gasteiger partial charge in [-0.2, -0.15) is 0 Å². The third-order valence-corrected chi connectivity index (χ3v) is 4.49. The molecule has 0 aliphatic heterocycles. The topological polar surface area (TPSA) is 43.0 Å². The van der Waals surface area contributed by atoms with Crippen LogP contribution in [0, 0.1) is 5.82 Å². The highest BCUT2D eigenvalue weighted by Crippen LogP contribution is 2.29. The third kappa shape index (κ3) is 2.35. The van der Waals surface area contributed by atoms with Crippen molar-refractivity contribution in [3.05, 3.63) is 76.9 Å². The number of hydrogen-bond acceptors (Lipinski definition) is 2. The van der Waals surface area contributed by atoms with Crippen LogP contribution in [0.5, 0.6) is 0 Å². The van der Waals surface area contributed by atoms with Crippen LogP contribution in [0.25, 0.3) is 11.4 Å². The van der Waals surface area contributed by atoms with Crippen molar-refractivity contribution in [1.82, 2.24) is 4.57 Å². The van der Waals surface area contributed by atoms with Crippen molar-refractivity contribution < 1.29 is 42.5 Å². The van der Waals surface area contributed by atoms with Crippen LogP contribution in [-0.2, 0) is 14.1 Å². The normalized spacial score (nSPS) is 12.4. The summed E-state index contributed by atoms with van der Waals surface area (Å²) >= 11 is 0. The Kier molecular flexibility index (Phi) is 4.32. The lowest BCUT2D eigenvalue weighted by Gasteiger charge is -2.11. The first kappa shape index (κ1) is 17.5. The van der Waals surface area contributed by atoms with E-state index in [0.717, 1.165) is 0 Å². The summed E-state index contributed by atoms with van der Waals surface area (Å²) < 4.78 is 17.5. The van der Waals surface area contributed by atoms with E-state index in [9.17, 15) is 14.0 Å². The maximum atomic E-state index is 14.3. The lowest BCUT2D eigenvalue weighted by molar-refractivity contribution is -0.661. The van der Waals surface area contributed by atoms with E-state index in [1.165, 1.54) is 6.07 Å². The highest BCUT2D eigenvalue weighted by molar-refractivity contribution is 6.26. The van der Waals surface area contributed by atoms with E-state index in [1.54, 1.807) is 65.7 Å². The summed E-state index contributed by atoms with van der Waals surface area (Å²) in [6.45, 7) is 0. The fraction of sp³-hybridized carbons (Fsp3) is 0.105. The van der Waals surface area contributed by atoms with Gasteiger partial charge in [-0.3, -0.25) is 9.59 Å². The molecule has 0 N–H and O–H groups in total. The molecular formula is C19H14FIN2O2. The van der Waals surface area contributed by atoms with Gasteiger partial charge in [-0.15, -0.1) is 0 Å². The predicted molar refractivity (Wildman–Crippen MR) is 85.3 cm³/mol. The van der Waals surface area contributed by atoms with Crippen LogP contribution >= 0.6 is 0 Å². The number of hydrogen-bond donors (Lipinski definition) is 0. The van der Waals surface area contributed by atoms with Crippen LogP contribution in [0.1, 0.15) is 32.1 Å². The molecule has 0 unspecified atom stereocenters. The molecule has 0 atom stereocenters. The number of ketones is 2. The predicted octanol–water partition coefficient (Wildman–Crippen LogP) is -0.565. The lowest BCUT2D eigenvalue weighted by atomic mass is 9.90. The molecule has 25 heavy (non-hydrogen) atoms. The van der Waals surface area contributed by atoms with Crippen molar-refractivity contribution in [2.45, 2.75) is 0 Å². The molecule has 0 amide bonds. The highest BCUT2D eigenvalue weighted by Gasteiger charge is 2.42. The fourth-order valence-corrected chi connectivity index (χ4v) is 3.41. The van der Waals surface area contributed by atoms with Gasteiger partial charge in [0.05, 0.1) is 19.7 Å². The molecule has 0 bridgehead atoms. The second-order valence-corrected chi connectivity index (χ2v) is 5.82. The first-order valence-electron chi connectivity index (χ1n) is 7.54. The number of halogens is 2. The Morgan fingerprint density at radius 3 is 2.00 bits per heavy atom. The maximum Gasteiger partial charge on any atom is 0.292 e. The van der Waals surface area contributed by atoms with Crippen LogP contribution in [0.4, 0.5) is 4.39 Å². The number of aromatic nitrogens is 2. The molecule has 4 nitrogen and oxygen atoms in total. The van der Waals surface area contributed by atoms with Crippen molar-refractivity contribution in [3.63, 3.8) is 0 Å². The molecule has 1 aliphatic carbocycles. The van der Waals surface area contributed by atoms with Gasteiger partial charge in [0.1, 0.15) is 5.82 Å². The summed E-state index contributed by atoms with van der Waals surface area (Å²) in [7, 11) is 3.36. The molecule has 0 fully saturated rings. The SMILES string of the molecule is Cn1c2c([n+](C)c1-c1ccccc1F)C(=O)c1ccccc1C2=O.[I-]. The molecule has 3 aromatic rings. The number of imidazole rings is 1. The van der Waals surface area contributed by atoms with Crippen molar-refractivity contribution in [1.29, 1.82) is 0 Å². The smallest absolute Gasteiger partial charge is 0.292 e. The largest absolute Gasteiger partial charge is 1.00 e. The zero-order chi connectivity index (χ0) is 17.0. The first-order valence-corrected chi connectivity index (χ1v) is 7.54. The minimum atomic E-state index is -0.400. The van der Waals surface area contributed by atoms with Crippen molar-refractivity contribution >= 4 is 11.6 Å². The molecule has 126 valence electrons. The number of rotatable bonds is 1. The molecule has 0 radical (unpaired) electrons. The average Bonchev–Trinajstić information content (AvgIpc) is 2.85. The molecule has 4 rings (SSSR count). The van der Waals surface area contributed by atoms with Gasteiger partial charge in [0, 0.05) is 11.1 Å². The monoisotopic (exact) mass is 448 g/mol. The van der Waals surface area contributed by atoms with E-state index in [-0.39, 0.29) is 35.5 Å². The van der Waals surface area contributed by atoms with Gasteiger partial charge in [-0.1, -0.05) is 36.4 Å². The maximum absolute atomic E-state index is 14.3. The van der Waals surface area contributed by atoms with Crippen LogP contribution in [0.2, 0.25) is 0 Å². The quantitative estimate of drug-likeness (QED) is 0.290. The number of carbonyl (C=O) groups excluding carboxylic acids is 2. The molecule has 6 heteroatoms. The van der Waals surface area contributed by atoms with E-state index in [1.807, 2.05) is 0 Å². The Bertz CT molecular complexity index is 981. The summed E-state index contributed by atoms with van der Waals surface area (Å²) in [5.41, 5.74) is 1.70. The molecule has 0 saturated carbocycles. The van der Waals surface area contributed by atoms with E-state index in [4.69, 9.17) is 0 Å². The van der Waals surface area contributed by atoms with Crippen molar-refractivity contribution in [2.75, 3.05) is 0 Å². The molecule has 1 heterocycles. The number of carbonyl (C=O) groups is 2. The fourth-order valence-electron chi connectivity index (χ4n) is 3.41. The van der Waals surface area contributed by atoms with E-state index < -0.39 is 5.82 Å². The van der Waals surface area contributed by atoms with Crippen molar-refractivity contribution in [2.24, 2.45) is 14.1 Å². The zero-order valence-electron chi connectivity index (χ0n) is 13.6.